The third kappa shape index (κ3) is 6.47. The summed E-state index contributed by atoms with van der Waals surface area (Å²) in [6.45, 7) is 2.66. The van der Waals surface area contributed by atoms with Crippen LogP contribution in [0.4, 0.5) is 0 Å². The Morgan fingerprint density at radius 2 is 1.97 bits per heavy atom. The molecule has 1 fully saturated rings. The molecule has 0 bridgehead atoms. The fourth-order valence-corrected chi connectivity index (χ4v) is 4.61. The number of carbonyl (C=O) groups excluding carboxylic acids is 2. The molecule has 1 aliphatic rings. The number of thioether (sulfide) groups is 1. The number of nitrogens with zero attached hydrogens (tertiary/aromatic N) is 4. The van der Waals surface area contributed by atoms with Crippen molar-refractivity contribution in [2.24, 2.45) is 0 Å². The first-order valence-corrected chi connectivity index (χ1v) is 12.4. The van der Waals surface area contributed by atoms with E-state index in [4.69, 9.17) is 4.42 Å². The number of hydrogen-bond acceptors (Lipinski definition) is 6. The highest BCUT2D eigenvalue weighted by atomic mass is 32.2. The molecule has 1 saturated heterocycles. The Hall–Kier alpha value is -3.07. The fourth-order valence-electron chi connectivity index (χ4n) is 3.85. The third-order valence-corrected chi connectivity index (χ3v) is 6.54. The van der Waals surface area contributed by atoms with Gasteiger partial charge in [0.1, 0.15) is 0 Å². The minimum Gasteiger partial charge on any atom is -0.461 e. The first-order chi connectivity index (χ1) is 16.2. The van der Waals surface area contributed by atoms with Gasteiger partial charge in [-0.2, -0.15) is 0 Å². The molecule has 0 saturated carbocycles. The van der Waals surface area contributed by atoms with E-state index in [1.54, 1.807) is 6.26 Å². The van der Waals surface area contributed by atoms with Crippen molar-refractivity contribution in [1.29, 1.82) is 0 Å². The molecule has 174 valence electrons. The molecule has 9 heteroatoms. The molecule has 3 heterocycles. The molecular weight excluding hydrogens is 438 g/mol. The Morgan fingerprint density at radius 1 is 1.09 bits per heavy atom. The maximum atomic E-state index is 12.4. The summed E-state index contributed by atoms with van der Waals surface area (Å²) in [5.74, 6) is 1.69. The second-order valence-corrected chi connectivity index (χ2v) is 8.98. The number of aromatic nitrogens is 3. The SMILES string of the molecule is O=C(CSc1nnc(-c2ccco2)n1Cc1ccccc1)NCCCN1CCCCCC1=O. The number of nitrogens with one attached hydrogen (secondary N) is 1. The Kier molecular flexibility index (Phi) is 8.19. The van der Waals surface area contributed by atoms with Crippen molar-refractivity contribution in [1.82, 2.24) is 25.0 Å². The van der Waals surface area contributed by atoms with Crippen molar-refractivity contribution in [3.8, 4) is 11.6 Å². The fraction of sp³-hybridized carbons (Fsp3) is 0.417. The summed E-state index contributed by atoms with van der Waals surface area (Å²) in [6, 6.07) is 13.7. The van der Waals surface area contributed by atoms with E-state index in [9.17, 15) is 9.59 Å². The summed E-state index contributed by atoms with van der Waals surface area (Å²) in [4.78, 5) is 26.4. The molecule has 4 rings (SSSR count). The smallest absolute Gasteiger partial charge is 0.230 e. The molecule has 0 aliphatic carbocycles. The van der Waals surface area contributed by atoms with Crippen molar-refractivity contribution in [3.05, 3.63) is 54.3 Å². The van der Waals surface area contributed by atoms with Crippen LogP contribution in [0, 0.1) is 0 Å². The highest BCUT2D eigenvalue weighted by Gasteiger charge is 2.18. The van der Waals surface area contributed by atoms with Gasteiger partial charge < -0.3 is 14.6 Å². The minimum atomic E-state index is -0.0593. The molecule has 0 radical (unpaired) electrons. The zero-order valence-corrected chi connectivity index (χ0v) is 19.4. The van der Waals surface area contributed by atoms with E-state index < -0.39 is 0 Å². The van der Waals surface area contributed by atoms with Gasteiger partial charge in [0.2, 0.25) is 17.6 Å². The molecule has 1 N–H and O–H groups in total. The van der Waals surface area contributed by atoms with Gasteiger partial charge in [0.05, 0.1) is 18.6 Å². The molecule has 8 nitrogen and oxygen atoms in total. The van der Waals surface area contributed by atoms with E-state index in [0.29, 0.717) is 42.8 Å². The zero-order chi connectivity index (χ0) is 22.9. The molecule has 2 aromatic heterocycles. The van der Waals surface area contributed by atoms with Crippen LogP contribution < -0.4 is 5.32 Å². The van der Waals surface area contributed by atoms with Crippen LogP contribution in [0.1, 0.15) is 37.7 Å². The van der Waals surface area contributed by atoms with E-state index >= 15 is 0 Å². The molecule has 0 spiro atoms. The molecule has 0 unspecified atom stereocenters. The largest absolute Gasteiger partial charge is 0.461 e. The van der Waals surface area contributed by atoms with Gasteiger partial charge in [0, 0.05) is 26.1 Å². The lowest BCUT2D eigenvalue weighted by Crippen LogP contribution is -2.34. The minimum absolute atomic E-state index is 0.0593. The van der Waals surface area contributed by atoms with Crippen molar-refractivity contribution in [2.75, 3.05) is 25.4 Å². The average Bonchev–Trinajstić information content (AvgIpc) is 3.44. The summed E-state index contributed by atoms with van der Waals surface area (Å²) >= 11 is 1.35. The molecule has 1 aromatic carbocycles. The van der Waals surface area contributed by atoms with E-state index in [-0.39, 0.29) is 17.6 Å². The van der Waals surface area contributed by atoms with Gasteiger partial charge in [-0.25, -0.2) is 0 Å². The second kappa shape index (κ2) is 11.7. The quantitative estimate of drug-likeness (QED) is 0.362. The van der Waals surface area contributed by atoms with Gasteiger partial charge in [-0.15, -0.1) is 10.2 Å². The van der Waals surface area contributed by atoms with Crippen LogP contribution in [0.5, 0.6) is 0 Å². The van der Waals surface area contributed by atoms with Crippen LogP contribution >= 0.6 is 11.8 Å². The van der Waals surface area contributed by atoms with Gasteiger partial charge in [0.25, 0.3) is 0 Å². The van der Waals surface area contributed by atoms with Crippen LogP contribution in [0.15, 0.2) is 58.3 Å². The number of hydrogen-bond donors (Lipinski definition) is 1. The maximum Gasteiger partial charge on any atom is 0.230 e. The summed E-state index contributed by atoms with van der Waals surface area (Å²) < 4.78 is 7.50. The van der Waals surface area contributed by atoms with Crippen molar-refractivity contribution in [3.63, 3.8) is 0 Å². The van der Waals surface area contributed by atoms with Gasteiger partial charge in [-0.05, 0) is 37.0 Å². The molecular formula is C24H29N5O3S. The predicted molar refractivity (Wildman–Crippen MR) is 127 cm³/mol. The highest BCUT2D eigenvalue weighted by Crippen LogP contribution is 2.25. The van der Waals surface area contributed by atoms with Crippen molar-refractivity contribution < 1.29 is 14.0 Å². The summed E-state index contributed by atoms with van der Waals surface area (Å²) in [6.07, 6.45) is 6.18. The lowest BCUT2D eigenvalue weighted by atomic mass is 10.2. The Bertz CT molecular complexity index is 1040. The Morgan fingerprint density at radius 3 is 2.79 bits per heavy atom. The highest BCUT2D eigenvalue weighted by molar-refractivity contribution is 7.99. The van der Waals surface area contributed by atoms with E-state index in [1.165, 1.54) is 11.8 Å². The van der Waals surface area contributed by atoms with Crippen LogP contribution in [0.2, 0.25) is 0 Å². The predicted octanol–water partition coefficient (Wildman–Crippen LogP) is 3.59. The standard InChI is InChI=1S/C24H29N5O3S/c30-21(25-13-8-15-28-14-6-2-5-12-22(28)31)18-33-24-27-26-23(20-11-7-16-32-20)29(24)17-19-9-3-1-4-10-19/h1,3-4,7,9-11,16H,2,5-6,8,12-15,17-18H2,(H,25,30). The molecule has 33 heavy (non-hydrogen) atoms. The van der Waals surface area contributed by atoms with Crippen LogP contribution in [-0.2, 0) is 16.1 Å². The van der Waals surface area contributed by atoms with Crippen LogP contribution in [-0.4, -0.2) is 56.9 Å². The topological polar surface area (TPSA) is 93.3 Å². The molecule has 1 aliphatic heterocycles. The average molecular weight is 468 g/mol. The normalized spacial score (nSPS) is 14.3. The van der Waals surface area contributed by atoms with Gasteiger partial charge >= 0.3 is 0 Å². The molecule has 2 amide bonds. The molecule has 3 aromatic rings. The van der Waals surface area contributed by atoms with E-state index in [0.717, 1.165) is 37.8 Å². The maximum absolute atomic E-state index is 12.4. The summed E-state index contributed by atoms with van der Waals surface area (Å²) in [7, 11) is 0. The third-order valence-electron chi connectivity index (χ3n) is 5.57. The first-order valence-electron chi connectivity index (χ1n) is 11.4. The number of furan rings is 1. The number of amides is 2. The molecule has 0 atom stereocenters. The number of likely N-dealkylation sites (tertiary alicyclic amines) is 1. The lowest BCUT2D eigenvalue weighted by Gasteiger charge is -2.20. The Balaban J connectivity index is 1.30. The monoisotopic (exact) mass is 467 g/mol. The van der Waals surface area contributed by atoms with Gasteiger partial charge in [-0.3, -0.25) is 14.2 Å². The van der Waals surface area contributed by atoms with E-state index in [1.807, 2.05) is 51.9 Å². The van der Waals surface area contributed by atoms with Gasteiger partial charge in [0.15, 0.2) is 10.9 Å². The van der Waals surface area contributed by atoms with Gasteiger partial charge in [-0.1, -0.05) is 48.5 Å². The summed E-state index contributed by atoms with van der Waals surface area (Å²) in [5, 5.41) is 12.2. The van der Waals surface area contributed by atoms with Crippen LogP contribution in [0.25, 0.3) is 11.6 Å². The number of rotatable bonds is 10. The second-order valence-electron chi connectivity index (χ2n) is 8.04. The van der Waals surface area contributed by atoms with Crippen LogP contribution in [0.3, 0.4) is 0 Å². The lowest BCUT2D eigenvalue weighted by molar-refractivity contribution is -0.130. The summed E-state index contributed by atoms with van der Waals surface area (Å²) in [5.41, 5.74) is 1.11. The van der Waals surface area contributed by atoms with E-state index in [2.05, 4.69) is 15.5 Å². The first kappa shape index (κ1) is 23.1. The number of benzene rings is 1. The van der Waals surface area contributed by atoms with Crippen molar-refractivity contribution >= 4 is 23.6 Å². The number of carbonyl (C=O) groups is 2. The zero-order valence-electron chi connectivity index (χ0n) is 18.6. The van der Waals surface area contributed by atoms with Crippen molar-refractivity contribution in [2.45, 2.75) is 43.8 Å². The Labute approximate surface area is 197 Å².